The normalized spacial score (nSPS) is 38.5. The highest BCUT2D eigenvalue weighted by atomic mass is 16.5. The van der Waals surface area contributed by atoms with Crippen LogP contribution in [0.4, 0.5) is 0 Å². The largest absolute Gasteiger partial charge is 0.396 e. The van der Waals surface area contributed by atoms with Crippen molar-refractivity contribution in [1.29, 1.82) is 0 Å². The van der Waals surface area contributed by atoms with Gasteiger partial charge in [0.05, 0.1) is 13.1 Å². The monoisotopic (exact) mass is 492 g/mol. The van der Waals surface area contributed by atoms with Gasteiger partial charge in [0.2, 0.25) is 0 Å². The van der Waals surface area contributed by atoms with E-state index in [1.54, 1.807) is 0 Å². The maximum absolute atomic E-state index is 10.7. The quantitative estimate of drug-likeness (QED) is 0.341. The molecule has 5 heteroatoms. The van der Waals surface area contributed by atoms with E-state index in [0.29, 0.717) is 35.2 Å². The van der Waals surface area contributed by atoms with E-state index in [1.165, 1.54) is 37.7 Å². The van der Waals surface area contributed by atoms with Crippen LogP contribution in [0.3, 0.4) is 0 Å². The Hall–Kier alpha value is -0.980. The molecule has 0 aromatic rings. The standard InChI is InChI=1S/C30H50O5/c1-20(9-6-15-29(3,4)34)24-13-14-25-22(10-7-16-30(24,25)5)11-12-23-19-26(32)28(27(33)21(23)2)35-18-8-17-31/h11-12,20,24-28,31-34H,2,6-10,13-19H2,1,3-5H3/b22-11+,23-12-/t20-,24-,25+,26-,27-,28-,30-/m1/s1/i17T/t17?,20-,24-,25+,26-,27-,28-,30-. The average molecular weight is 493 g/mol. The van der Waals surface area contributed by atoms with Crippen LogP contribution in [-0.4, -0.2) is 57.5 Å². The highest BCUT2D eigenvalue weighted by Gasteiger charge is 2.50. The summed E-state index contributed by atoms with van der Waals surface area (Å²) in [6, 6.07) is 0. The molecule has 3 saturated carbocycles. The molecule has 3 aliphatic rings. The number of rotatable bonds is 10. The summed E-state index contributed by atoms with van der Waals surface area (Å²) < 4.78 is 12.8. The minimum absolute atomic E-state index is 0.109. The molecular weight excluding hydrogens is 440 g/mol. The lowest BCUT2D eigenvalue weighted by Crippen LogP contribution is -2.45. The van der Waals surface area contributed by atoms with Gasteiger partial charge < -0.3 is 25.2 Å². The van der Waals surface area contributed by atoms with E-state index >= 15 is 0 Å². The predicted octanol–water partition coefficient (Wildman–Crippen LogP) is 5.08. The minimum atomic E-state index is -1.22. The predicted molar refractivity (Wildman–Crippen MR) is 141 cm³/mol. The van der Waals surface area contributed by atoms with E-state index < -0.39 is 30.5 Å². The molecule has 0 heterocycles. The third-order valence-electron chi connectivity index (χ3n) is 9.12. The van der Waals surface area contributed by atoms with Gasteiger partial charge in [-0.25, -0.2) is 0 Å². The summed E-state index contributed by atoms with van der Waals surface area (Å²) in [6.07, 6.45) is 11.3. The van der Waals surface area contributed by atoms with Crippen LogP contribution in [0.2, 0.25) is 0 Å². The summed E-state index contributed by atoms with van der Waals surface area (Å²) in [5, 5.41) is 40.5. The van der Waals surface area contributed by atoms with Crippen molar-refractivity contribution in [3.8, 4) is 0 Å². The van der Waals surface area contributed by atoms with E-state index in [0.717, 1.165) is 24.8 Å². The lowest BCUT2D eigenvalue weighted by molar-refractivity contribution is -0.0968. The molecule has 0 aromatic heterocycles. The smallest absolute Gasteiger partial charge is 0.114 e. The molecule has 0 aliphatic heterocycles. The first-order valence-corrected chi connectivity index (χ1v) is 13.7. The molecule has 8 atom stereocenters. The molecule has 0 aromatic carbocycles. The Balaban J connectivity index is 1.66. The van der Waals surface area contributed by atoms with Gasteiger partial charge in [-0.2, -0.15) is 0 Å². The Kier molecular flexibility index (Phi) is 9.31. The summed E-state index contributed by atoms with van der Waals surface area (Å²) >= 11 is 0. The molecule has 3 fully saturated rings. The van der Waals surface area contributed by atoms with Crippen LogP contribution < -0.4 is 0 Å². The van der Waals surface area contributed by atoms with Gasteiger partial charge in [-0.05, 0) is 93.1 Å². The summed E-state index contributed by atoms with van der Waals surface area (Å²) in [7, 11) is 0. The SMILES string of the molecule is [3H]C(O)CCO[C@@H]1[C@H](O)C/C(=C/C=C2\CCC[C@]3(C)[C@@H]([C@H](C)CCCC(C)(C)O)CC[C@@H]23)C(=C)[C@H]1O. The zero-order valence-electron chi connectivity index (χ0n) is 23.4. The van der Waals surface area contributed by atoms with Crippen LogP contribution in [0.5, 0.6) is 0 Å². The van der Waals surface area contributed by atoms with Crippen LogP contribution >= 0.6 is 0 Å². The first-order chi connectivity index (χ1) is 16.8. The fraction of sp³-hybridized carbons (Fsp3) is 0.800. The lowest BCUT2D eigenvalue weighted by Gasteiger charge is -2.44. The molecule has 0 amide bonds. The second-order valence-corrected chi connectivity index (χ2v) is 12.3. The number of aliphatic hydroxyl groups is 4. The van der Waals surface area contributed by atoms with Gasteiger partial charge in [0.1, 0.15) is 12.2 Å². The average Bonchev–Trinajstić information content (AvgIpc) is 3.14. The molecule has 0 radical (unpaired) electrons. The van der Waals surface area contributed by atoms with E-state index in [9.17, 15) is 15.3 Å². The molecule has 5 nitrogen and oxygen atoms in total. The van der Waals surface area contributed by atoms with E-state index in [4.69, 9.17) is 11.2 Å². The molecule has 3 rings (SSSR count). The lowest BCUT2D eigenvalue weighted by atomic mass is 9.60. The van der Waals surface area contributed by atoms with Gasteiger partial charge in [0.25, 0.3) is 0 Å². The van der Waals surface area contributed by atoms with Gasteiger partial charge in [-0.1, -0.05) is 51.0 Å². The molecule has 4 N–H and O–H groups in total. The van der Waals surface area contributed by atoms with Gasteiger partial charge in [-0.3, -0.25) is 0 Å². The van der Waals surface area contributed by atoms with Crippen molar-refractivity contribution in [2.75, 3.05) is 13.2 Å². The Morgan fingerprint density at radius 2 is 2.00 bits per heavy atom. The summed E-state index contributed by atoms with van der Waals surface area (Å²) in [4.78, 5) is 0. The van der Waals surface area contributed by atoms with E-state index in [2.05, 4.69) is 32.6 Å². The maximum Gasteiger partial charge on any atom is 0.114 e. The van der Waals surface area contributed by atoms with Crippen LogP contribution in [0, 0.1) is 23.2 Å². The topological polar surface area (TPSA) is 90.2 Å². The zero-order valence-corrected chi connectivity index (χ0v) is 22.4. The molecule has 0 saturated heterocycles. The van der Waals surface area contributed by atoms with Crippen LogP contribution in [0.1, 0.15) is 93.3 Å². The van der Waals surface area contributed by atoms with Crippen molar-refractivity contribution in [2.24, 2.45) is 23.2 Å². The minimum Gasteiger partial charge on any atom is -0.396 e. The second-order valence-electron chi connectivity index (χ2n) is 12.3. The van der Waals surface area contributed by atoms with Crippen molar-refractivity contribution in [3.05, 3.63) is 35.5 Å². The first kappa shape index (κ1) is 27.1. The fourth-order valence-electron chi connectivity index (χ4n) is 7.19. The molecule has 3 aliphatic carbocycles. The number of aliphatic hydroxyl groups excluding tert-OH is 3. The van der Waals surface area contributed by atoms with E-state index in [1.807, 2.05) is 13.8 Å². The number of allylic oxidation sites excluding steroid dienone is 3. The van der Waals surface area contributed by atoms with Crippen molar-refractivity contribution in [1.82, 2.24) is 0 Å². The van der Waals surface area contributed by atoms with E-state index in [-0.39, 0.29) is 13.0 Å². The van der Waals surface area contributed by atoms with Crippen LogP contribution in [0.25, 0.3) is 0 Å². The summed E-state index contributed by atoms with van der Waals surface area (Å²) in [5.74, 6) is 1.93. The number of ether oxygens (including phenoxy) is 1. The molecule has 200 valence electrons. The Labute approximate surface area is 214 Å². The van der Waals surface area contributed by atoms with Crippen molar-refractivity contribution in [3.63, 3.8) is 0 Å². The first-order valence-electron chi connectivity index (χ1n) is 14.3. The fourth-order valence-corrected chi connectivity index (χ4v) is 7.19. The van der Waals surface area contributed by atoms with Gasteiger partial charge in [-0.15, -0.1) is 0 Å². The van der Waals surface area contributed by atoms with Crippen molar-refractivity contribution >= 4 is 0 Å². The molecule has 1 unspecified atom stereocenters. The van der Waals surface area contributed by atoms with Crippen molar-refractivity contribution in [2.45, 2.75) is 116 Å². The maximum atomic E-state index is 10.7. The number of fused-ring (bicyclic) bond motifs is 1. The highest BCUT2D eigenvalue weighted by Crippen LogP contribution is 2.60. The Morgan fingerprint density at radius 1 is 1.26 bits per heavy atom. The summed E-state index contributed by atoms with van der Waals surface area (Å²) in [6.45, 7) is 11.7. The van der Waals surface area contributed by atoms with Gasteiger partial charge in [0.15, 0.2) is 0 Å². The highest BCUT2D eigenvalue weighted by molar-refractivity contribution is 5.40. The third kappa shape index (κ3) is 6.87. The van der Waals surface area contributed by atoms with Crippen LogP contribution in [-0.2, 0) is 4.74 Å². The molecule has 0 bridgehead atoms. The van der Waals surface area contributed by atoms with Crippen molar-refractivity contribution < 1.29 is 26.5 Å². The zero-order chi connectivity index (χ0) is 26.7. The third-order valence-corrected chi connectivity index (χ3v) is 9.12. The Morgan fingerprint density at radius 3 is 2.69 bits per heavy atom. The molecular formula is C30H50O5. The number of hydrogen-bond acceptors (Lipinski definition) is 5. The number of hydrogen-bond donors (Lipinski definition) is 4. The van der Waals surface area contributed by atoms with Gasteiger partial charge in [0, 0.05) is 19.6 Å². The second kappa shape index (κ2) is 12.0. The molecule has 0 spiro atoms. The van der Waals surface area contributed by atoms with Crippen LogP contribution in [0.15, 0.2) is 35.5 Å². The Bertz CT molecular complexity index is 813. The molecule has 35 heavy (non-hydrogen) atoms. The summed E-state index contributed by atoms with van der Waals surface area (Å²) in [5.41, 5.74) is 2.65. The van der Waals surface area contributed by atoms with Gasteiger partial charge >= 0.3 is 0 Å².